The van der Waals surface area contributed by atoms with Crippen molar-refractivity contribution >= 4 is 11.4 Å². The second-order valence-electron chi connectivity index (χ2n) is 12.4. The van der Waals surface area contributed by atoms with Crippen LogP contribution < -0.4 is 9.80 Å². The molecule has 0 saturated carbocycles. The van der Waals surface area contributed by atoms with Crippen LogP contribution in [0.5, 0.6) is 0 Å². The van der Waals surface area contributed by atoms with E-state index in [1.54, 1.807) is 37.3 Å². The second-order valence-corrected chi connectivity index (χ2v) is 12.4. The number of rotatable bonds is 6. The van der Waals surface area contributed by atoms with Gasteiger partial charge in [-0.05, 0) is 45.8 Å². The fourth-order valence-electron chi connectivity index (χ4n) is 5.38. The molecule has 0 amide bonds. The van der Waals surface area contributed by atoms with E-state index in [-0.39, 0.29) is 38.4 Å². The number of pyridine rings is 2. The molecule has 0 aliphatic heterocycles. The molecule has 0 atom stereocenters. The average Bonchev–Trinajstić information content (AvgIpc) is 3.14. The van der Waals surface area contributed by atoms with E-state index in [0.717, 1.165) is 11.3 Å². The molecule has 14 heteroatoms. The third-order valence-electron chi connectivity index (χ3n) is 8.07. The molecule has 6 aromatic rings. The smallest absolute Gasteiger partial charge is 0.378 e. The first-order chi connectivity index (χ1) is 25.3. The Hall–Kier alpha value is -5.16. The predicted molar refractivity (Wildman–Crippen MR) is 192 cm³/mol. The molecule has 4 nitrogen and oxygen atoms in total. The van der Waals surface area contributed by atoms with Gasteiger partial charge in [0.1, 0.15) is 0 Å². The summed E-state index contributed by atoms with van der Waals surface area (Å²) >= 11 is 0. The van der Waals surface area contributed by atoms with Gasteiger partial charge < -0.3 is 19.8 Å². The molecule has 0 N–H and O–H groups in total. The number of hydrogen-bond donors (Lipinski definition) is 0. The van der Waals surface area contributed by atoms with E-state index in [1.807, 2.05) is 91.8 Å². The Bertz CT molecular complexity index is 2170. The van der Waals surface area contributed by atoms with E-state index in [9.17, 15) is 39.5 Å². The van der Waals surface area contributed by atoms with E-state index in [2.05, 4.69) is 16.0 Å². The first-order valence-corrected chi connectivity index (χ1v) is 16.1. The third-order valence-corrected chi connectivity index (χ3v) is 8.07. The summed E-state index contributed by atoms with van der Waals surface area (Å²) in [5.74, 6) is 0. The van der Waals surface area contributed by atoms with Gasteiger partial charge in [-0.3, -0.25) is 0 Å². The summed E-state index contributed by atoms with van der Waals surface area (Å²) in [5.41, 5.74) is 0.775. The van der Waals surface area contributed by atoms with Gasteiger partial charge in [-0.1, -0.05) is 89.5 Å². The molecule has 2 heterocycles. The van der Waals surface area contributed by atoms with Gasteiger partial charge in [0.15, 0.2) is 0 Å². The van der Waals surface area contributed by atoms with Crippen LogP contribution in [0.2, 0.25) is 0 Å². The first kappa shape index (κ1) is 42.6. The van der Waals surface area contributed by atoms with Crippen LogP contribution in [0.15, 0.2) is 116 Å². The monoisotopic (exact) mass is 945 g/mol. The van der Waals surface area contributed by atoms with E-state index < -0.39 is 35.2 Å². The van der Waals surface area contributed by atoms with Crippen molar-refractivity contribution in [2.24, 2.45) is 0 Å². The number of nitrogens with zero attached hydrogens (tertiary/aromatic N) is 4. The number of anilines is 2. The zero-order chi connectivity index (χ0) is 39.4. The fraction of sp³-hybridized carbons (Fsp3) is 0.171. The number of alkyl halides is 9. The normalized spacial score (nSPS) is 11.6. The quantitative estimate of drug-likeness (QED) is 0.123. The van der Waals surface area contributed by atoms with Crippen molar-refractivity contribution in [3.63, 3.8) is 0 Å². The van der Waals surface area contributed by atoms with Crippen LogP contribution in [0.3, 0.4) is 0 Å². The largest absolute Gasteiger partial charge is 2.00 e. The summed E-state index contributed by atoms with van der Waals surface area (Å²) in [7, 11) is 7.14. The number of benzene rings is 4. The summed E-state index contributed by atoms with van der Waals surface area (Å²) in [6.07, 6.45) is -11.5. The maximum atomic E-state index is 13.9. The molecule has 0 radical (unpaired) electrons. The Morgan fingerprint density at radius 3 is 1.47 bits per heavy atom. The van der Waals surface area contributed by atoms with Crippen LogP contribution in [0.1, 0.15) is 16.7 Å². The molecule has 0 unspecified atom stereocenters. The molecular weight excluding hydrogens is 915 g/mol. The van der Waals surface area contributed by atoms with Gasteiger partial charge in [0.05, 0.1) is 0 Å². The molecule has 6 rings (SSSR count). The molecule has 2 aromatic heterocycles. The van der Waals surface area contributed by atoms with E-state index in [1.165, 1.54) is 18.3 Å². The van der Waals surface area contributed by atoms with Crippen molar-refractivity contribution in [2.75, 3.05) is 38.0 Å². The summed E-state index contributed by atoms with van der Waals surface area (Å²) in [4.78, 5) is 11.8. The first-order valence-electron chi connectivity index (χ1n) is 16.1. The van der Waals surface area contributed by atoms with Crippen molar-refractivity contribution in [3.8, 4) is 44.8 Å². The zero-order valence-corrected chi connectivity index (χ0v) is 31.7. The van der Waals surface area contributed by atoms with Crippen molar-refractivity contribution in [3.05, 3.63) is 144 Å². The Labute approximate surface area is 326 Å². The molecule has 55 heavy (non-hydrogen) atoms. The molecule has 0 saturated heterocycles. The fourth-order valence-corrected chi connectivity index (χ4v) is 5.38. The van der Waals surface area contributed by atoms with Crippen LogP contribution in [-0.4, -0.2) is 38.2 Å². The Morgan fingerprint density at radius 2 is 0.982 bits per heavy atom. The van der Waals surface area contributed by atoms with E-state index in [4.69, 9.17) is 0 Å². The van der Waals surface area contributed by atoms with Crippen LogP contribution >= 0.6 is 0 Å². The van der Waals surface area contributed by atoms with E-state index >= 15 is 0 Å². The van der Waals surface area contributed by atoms with E-state index in [0.29, 0.717) is 39.7 Å². The summed E-state index contributed by atoms with van der Waals surface area (Å²) in [5, 5.41) is 0. The van der Waals surface area contributed by atoms with Gasteiger partial charge in [-0.2, -0.15) is 39.5 Å². The van der Waals surface area contributed by atoms with Crippen molar-refractivity contribution in [1.82, 2.24) is 9.97 Å². The third kappa shape index (κ3) is 10.5. The molecule has 0 spiro atoms. The SMILES string of the molecule is CN(C)c1ccnc(-c2[c-]c(C(F)(F)F)cc(-c3ccccc3)c2-c2ccccc2)c1.CN(C)c1ccnc(-c2[c-]c(C(F)(F)F)cc(C(F)(F)F)c2)c1.[Pt+2]. The van der Waals surface area contributed by atoms with Gasteiger partial charge >= 0.3 is 39.6 Å². The predicted octanol–water partition coefficient (Wildman–Crippen LogP) is 11.6. The summed E-state index contributed by atoms with van der Waals surface area (Å²) in [6, 6.07) is 31.5. The maximum absolute atomic E-state index is 13.9. The summed E-state index contributed by atoms with van der Waals surface area (Å²) in [6.45, 7) is 0. The zero-order valence-electron chi connectivity index (χ0n) is 29.5. The molecule has 4 aromatic carbocycles. The Kier molecular flexibility index (Phi) is 13.2. The Morgan fingerprint density at radius 1 is 0.509 bits per heavy atom. The minimum atomic E-state index is -4.94. The van der Waals surface area contributed by atoms with Crippen LogP contribution in [0, 0.1) is 12.1 Å². The van der Waals surface area contributed by atoms with Gasteiger partial charge in [0, 0.05) is 52.0 Å². The number of aromatic nitrogens is 2. The Balaban J connectivity index is 0.000000251. The summed E-state index contributed by atoms with van der Waals surface area (Å²) < 4.78 is 119. The van der Waals surface area contributed by atoms with Gasteiger partial charge in [-0.25, -0.2) is 0 Å². The maximum Gasteiger partial charge on any atom is 2.00 e. The minimum Gasteiger partial charge on any atom is -0.378 e. The molecule has 288 valence electrons. The molecule has 0 fully saturated rings. The van der Waals surface area contributed by atoms with Gasteiger partial charge in [0.25, 0.3) is 0 Å². The number of hydrogen-bond acceptors (Lipinski definition) is 4. The average molecular weight is 946 g/mol. The van der Waals surface area contributed by atoms with Crippen molar-refractivity contribution in [2.45, 2.75) is 18.5 Å². The van der Waals surface area contributed by atoms with Crippen LogP contribution in [-0.2, 0) is 39.6 Å². The van der Waals surface area contributed by atoms with Gasteiger partial charge in [-0.15, -0.1) is 41.5 Å². The number of halogens is 9. The van der Waals surface area contributed by atoms with Crippen LogP contribution in [0.4, 0.5) is 50.9 Å². The topological polar surface area (TPSA) is 32.3 Å². The van der Waals surface area contributed by atoms with Crippen molar-refractivity contribution < 1.29 is 60.6 Å². The van der Waals surface area contributed by atoms with Gasteiger partial charge in [0.2, 0.25) is 0 Å². The second kappa shape index (κ2) is 17.1. The van der Waals surface area contributed by atoms with Crippen LogP contribution in [0.25, 0.3) is 44.8 Å². The minimum absolute atomic E-state index is 0. The standard InChI is InChI=1S/C26H20F3N2.C15H11F6N2.Pt/c1-31(2)21-13-14-30-24(17-21)23-16-20(26(27,28)29)15-22(18-9-5-3-6-10-18)25(23)19-11-7-4-8-12-19;1-23(2)12-3-4-22-13(8-12)9-5-10(14(16,17)18)7-11(6-9)15(19,20)21;/h3-15,17H,1-2H3;3-5,7-8H,1-2H3;/q2*-1;+2. The van der Waals surface area contributed by atoms with Crippen molar-refractivity contribution in [1.29, 1.82) is 0 Å². The molecule has 0 aliphatic carbocycles. The molecule has 0 aliphatic rings. The molecular formula is C41H31F9N4Pt. The molecule has 0 bridgehead atoms.